The smallest absolute Gasteiger partial charge is 0.330 e. The Morgan fingerprint density at radius 2 is 2.00 bits per heavy atom. The van der Waals surface area contributed by atoms with Gasteiger partial charge in [0.15, 0.2) is 0 Å². The van der Waals surface area contributed by atoms with E-state index in [9.17, 15) is 19.2 Å². The number of nitrogens with zero attached hydrogens (tertiary/aromatic N) is 1. The van der Waals surface area contributed by atoms with E-state index in [0.717, 1.165) is 36.1 Å². The third-order valence-electron chi connectivity index (χ3n) is 5.52. The monoisotopic (exact) mass is 478 g/mol. The summed E-state index contributed by atoms with van der Waals surface area (Å²) in [6, 6.07) is 2.01. The van der Waals surface area contributed by atoms with Crippen LogP contribution in [-0.2, 0) is 30.2 Å². The number of esters is 2. The molecule has 2 aromatic heterocycles. The van der Waals surface area contributed by atoms with E-state index >= 15 is 0 Å². The Hall–Kier alpha value is -2.72. The SMILES string of the molecule is CCCCCCc1ccsc1-c1cn([C@H]2C[C@H](OC(C)=O)[C@@H](COC(C)=O)O2)c(=O)[nH]c1=O. The average Bonchev–Trinajstić information content (AvgIpc) is 3.36. The zero-order chi connectivity index (χ0) is 24.0. The molecule has 9 nitrogen and oxygen atoms in total. The van der Waals surface area contributed by atoms with E-state index in [1.807, 2.05) is 11.4 Å². The molecule has 3 atom stereocenters. The van der Waals surface area contributed by atoms with Crippen LogP contribution in [0.2, 0.25) is 0 Å². The van der Waals surface area contributed by atoms with Crippen LogP contribution in [0.3, 0.4) is 0 Å². The second kappa shape index (κ2) is 11.4. The van der Waals surface area contributed by atoms with Gasteiger partial charge in [0.05, 0.1) is 5.56 Å². The largest absolute Gasteiger partial charge is 0.463 e. The van der Waals surface area contributed by atoms with Gasteiger partial charge in [-0.25, -0.2) is 4.79 Å². The van der Waals surface area contributed by atoms with Crippen LogP contribution in [0.25, 0.3) is 10.4 Å². The maximum Gasteiger partial charge on any atom is 0.330 e. The van der Waals surface area contributed by atoms with Crippen molar-refractivity contribution < 1.29 is 23.8 Å². The number of unbranched alkanes of at least 4 members (excludes halogenated alkanes) is 3. The van der Waals surface area contributed by atoms with Crippen LogP contribution in [0.1, 0.15) is 64.7 Å². The molecular formula is C23H30N2O7S. The van der Waals surface area contributed by atoms with E-state index in [1.165, 1.54) is 42.4 Å². The maximum atomic E-state index is 12.7. The quantitative estimate of drug-likeness (QED) is 0.412. The molecule has 0 spiro atoms. The summed E-state index contributed by atoms with van der Waals surface area (Å²) in [4.78, 5) is 51.2. The first-order valence-electron chi connectivity index (χ1n) is 11.2. The highest BCUT2D eigenvalue weighted by molar-refractivity contribution is 7.13. The molecule has 1 aliphatic heterocycles. The second-order valence-corrected chi connectivity index (χ2v) is 9.03. The number of nitrogens with one attached hydrogen (secondary N) is 1. The zero-order valence-corrected chi connectivity index (χ0v) is 19.9. The Balaban J connectivity index is 1.86. The number of hydrogen-bond acceptors (Lipinski definition) is 8. The van der Waals surface area contributed by atoms with Crippen molar-refractivity contribution in [2.45, 2.75) is 77.7 Å². The predicted octanol–water partition coefficient (Wildman–Crippen LogP) is 3.17. The molecule has 0 bridgehead atoms. The van der Waals surface area contributed by atoms with Crippen LogP contribution in [0, 0.1) is 0 Å². The van der Waals surface area contributed by atoms with Crippen molar-refractivity contribution in [3.8, 4) is 10.4 Å². The molecule has 0 aromatic carbocycles. The third-order valence-corrected chi connectivity index (χ3v) is 6.51. The van der Waals surface area contributed by atoms with E-state index in [-0.39, 0.29) is 13.0 Å². The Bertz CT molecular complexity index is 1090. The van der Waals surface area contributed by atoms with E-state index in [4.69, 9.17) is 14.2 Å². The van der Waals surface area contributed by atoms with Crippen LogP contribution in [0.15, 0.2) is 27.2 Å². The number of carbonyl (C=O) groups is 2. The minimum atomic E-state index is -0.786. The summed E-state index contributed by atoms with van der Waals surface area (Å²) in [6.45, 7) is 4.60. The molecule has 0 radical (unpaired) electrons. The normalized spacial score (nSPS) is 20.0. The van der Waals surface area contributed by atoms with Crippen LogP contribution in [-0.4, -0.2) is 40.3 Å². The Morgan fingerprint density at radius 3 is 2.70 bits per heavy atom. The van der Waals surface area contributed by atoms with Gasteiger partial charge < -0.3 is 14.2 Å². The molecule has 180 valence electrons. The van der Waals surface area contributed by atoms with Gasteiger partial charge in [0.25, 0.3) is 5.56 Å². The third kappa shape index (κ3) is 6.42. The Kier molecular flexibility index (Phi) is 8.62. The molecule has 0 saturated carbocycles. The molecule has 3 rings (SSSR count). The zero-order valence-electron chi connectivity index (χ0n) is 19.1. The fourth-order valence-corrected chi connectivity index (χ4v) is 4.89. The number of H-pyrrole nitrogens is 1. The van der Waals surface area contributed by atoms with E-state index in [1.54, 1.807) is 0 Å². The molecule has 1 fully saturated rings. The lowest BCUT2D eigenvalue weighted by Gasteiger charge is -2.17. The second-order valence-electron chi connectivity index (χ2n) is 8.11. The van der Waals surface area contributed by atoms with Crippen molar-refractivity contribution in [1.29, 1.82) is 0 Å². The Morgan fingerprint density at radius 1 is 1.21 bits per heavy atom. The highest BCUT2D eigenvalue weighted by Crippen LogP contribution is 2.32. The molecule has 0 amide bonds. The van der Waals surface area contributed by atoms with Gasteiger partial charge in [-0.2, -0.15) is 0 Å². The highest BCUT2D eigenvalue weighted by Gasteiger charge is 2.39. The average molecular weight is 479 g/mol. The summed E-state index contributed by atoms with van der Waals surface area (Å²) in [5.41, 5.74) is 0.389. The fourth-order valence-electron chi connectivity index (χ4n) is 3.93. The number of aromatic amines is 1. The summed E-state index contributed by atoms with van der Waals surface area (Å²) in [7, 11) is 0. The number of carbonyl (C=O) groups excluding carboxylic acids is 2. The predicted molar refractivity (Wildman–Crippen MR) is 123 cm³/mol. The van der Waals surface area contributed by atoms with Crippen LogP contribution < -0.4 is 11.2 Å². The molecule has 1 saturated heterocycles. The summed E-state index contributed by atoms with van der Waals surface area (Å²) < 4.78 is 17.6. The lowest BCUT2D eigenvalue weighted by atomic mass is 10.0. The lowest BCUT2D eigenvalue weighted by molar-refractivity contribution is -0.155. The van der Waals surface area contributed by atoms with Gasteiger partial charge in [-0.1, -0.05) is 26.2 Å². The van der Waals surface area contributed by atoms with Crippen LogP contribution in [0.4, 0.5) is 0 Å². The first kappa shape index (κ1) is 24.9. The summed E-state index contributed by atoms with van der Waals surface area (Å²) >= 11 is 1.46. The van der Waals surface area contributed by atoms with Crippen molar-refractivity contribution >= 4 is 23.3 Å². The van der Waals surface area contributed by atoms with Gasteiger partial charge >= 0.3 is 17.6 Å². The molecule has 3 heterocycles. The number of aromatic nitrogens is 2. The van der Waals surface area contributed by atoms with Crippen molar-refractivity contribution in [3.05, 3.63) is 44.0 Å². The van der Waals surface area contributed by atoms with Gasteiger partial charge in [0, 0.05) is 31.3 Å². The van der Waals surface area contributed by atoms with Gasteiger partial charge in [-0.3, -0.25) is 23.9 Å². The maximum absolute atomic E-state index is 12.7. The molecule has 1 N–H and O–H groups in total. The van der Waals surface area contributed by atoms with Gasteiger partial charge in [-0.15, -0.1) is 11.3 Å². The van der Waals surface area contributed by atoms with Crippen LogP contribution >= 0.6 is 11.3 Å². The van der Waals surface area contributed by atoms with Gasteiger partial charge in [0.2, 0.25) is 0 Å². The summed E-state index contributed by atoms with van der Waals surface area (Å²) in [6.07, 6.45) is 4.82. The van der Waals surface area contributed by atoms with E-state index in [0.29, 0.717) is 5.56 Å². The molecule has 0 aliphatic carbocycles. The van der Waals surface area contributed by atoms with Crippen molar-refractivity contribution in [3.63, 3.8) is 0 Å². The topological polar surface area (TPSA) is 117 Å². The summed E-state index contributed by atoms with van der Waals surface area (Å²) in [5, 5.41) is 1.94. The highest BCUT2D eigenvalue weighted by atomic mass is 32.1. The molecular weight excluding hydrogens is 448 g/mol. The van der Waals surface area contributed by atoms with Crippen molar-refractivity contribution in [2.75, 3.05) is 6.61 Å². The minimum absolute atomic E-state index is 0.110. The number of aryl methyl sites for hydroxylation is 1. The minimum Gasteiger partial charge on any atom is -0.463 e. The molecule has 0 unspecified atom stereocenters. The molecule has 1 aliphatic rings. The fraction of sp³-hybridized carbons (Fsp3) is 0.565. The standard InChI is InChI=1S/C23H30N2O7S/c1-4-5-6-7-8-16-9-10-33-21(16)17-12-25(23(29)24-22(17)28)20-11-18(31-15(3)27)19(32-20)13-30-14(2)26/h9-10,12,18-20H,4-8,11,13H2,1-3H3,(H,24,28,29)/t18-,19+,20+/m0/s1. The van der Waals surface area contributed by atoms with Gasteiger partial charge in [0.1, 0.15) is 25.0 Å². The number of hydrogen-bond donors (Lipinski definition) is 1. The Labute approximate surface area is 195 Å². The summed E-state index contributed by atoms with van der Waals surface area (Å²) in [5.74, 6) is -0.992. The first-order valence-corrected chi connectivity index (χ1v) is 12.1. The molecule has 10 heteroatoms. The lowest BCUT2D eigenvalue weighted by Crippen LogP contribution is -2.33. The van der Waals surface area contributed by atoms with Crippen molar-refractivity contribution in [1.82, 2.24) is 9.55 Å². The van der Waals surface area contributed by atoms with E-state index in [2.05, 4.69) is 11.9 Å². The van der Waals surface area contributed by atoms with Gasteiger partial charge in [-0.05, 0) is 29.9 Å². The van der Waals surface area contributed by atoms with E-state index < -0.39 is 41.6 Å². The molecule has 33 heavy (non-hydrogen) atoms. The van der Waals surface area contributed by atoms with Crippen LogP contribution in [0.5, 0.6) is 0 Å². The number of rotatable bonds is 10. The molecule has 2 aromatic rings. The number of ether oxygens (including phenoxy) is 3. The van der Waals surface area contributed by atoms with Crippen molar-refractivity contribution in [2.24, 2.45) is 0 Å². The first-order chi connectivity index (χ1) is 15.8. The number of thiophene rings is 1.